The Labute approximate surface area is 117 Å². The van der Waals surface area contributed by atoms with Gasteiger partial charge in [0.25, 0.3) is 0 Å². The maximum absolute atomic E-state index is 10.2. The third kappa shape index (κ3) is 2.37. The molecular weight excluding hydrogens is 269 g/mol. The van der Waals surface area contributed by atoms with E-state index in [9.17, 15) is 15.3 Å². The van der Waals surface area contributed by atoms with Crippen LogP contribution in [0.25, 0.3) is 0 Å². The van der Waals surface area contributed by atoms with Gasteiger partial charge in [0.15, 0.2) is 0 Å². The smallest absolute Gasteiger partial charge is 0.402 e. The Morgan fingerprint density at radius 1 is 1.25 bits per heavy atom. The van der Waals surface area contributed by atoms with Crippen LogP contribution in [-0.2, 0) is 14.0 Å². The number of aliphatic hydroxyl groups excluding tert-OH is 2. The van der Waals surface area contributed by atoms with E-state index >= 15 is 0 Å². The lowest BCUT2D eigenvalue weighted by atomic mass is 9.79. The van der Waals surface area contributed by atoms with Crippen molar-refractivity contribution in [2.45, 2.75) is 31.0 Å². The molecule has 7 heteroatoms. The number of rotatable bonds is 1. The summed E-state index contributed by atoms with van der Waals surface area (Å²) in [7, 11) is -0.704. The van der Waals surface area contributed by atoms with Gasteiger partial charge in [0.2, 0.25) is 5.79 Å². The molecule has 0 aliphatic carbocycles. The normalized spacial score (nSPS) is 37.6. The molecule has 1 aromatic rings. The molecule has 0 bridgehead atoms. The van der Waals surface area contributed by atoms with Crippen molar-refractivity contribution in [3.8, 4) is 0 Å². The maximum Gasteiger partial charge on any atom is 0.494 e. The highest BCUT2D eigenvalue weighted by molar-refractivity contribution is 6.61. The van der Waals surface area contributed by atoms with Gasteiger partial charge in [0, 0.05) is 0 Å². The Balaban J connectivity index is 1.80. The summed E-state index contributed by atoms with van der Waals surface area (Å²) in [6.45, 7) is 1.69. The summed E-state index contributed by atoms with van der Waals surface area (Å²) >= 11 is 0. The van der Waals surface area contributed by atoms with Gasteiger partial charge < -0.3 is 29.4 Å². The number of fused-ring (bicyclic) bond motifs is 1. The van der Waals surface area contributed by atoms with Crippen molar-refractivity contribution >= 4 is 12.6 Å². The van der Waals surface area contributed by atoms with Crippen LogP contribution >= 0.6 is 0 Å². The molecule has 0 spiro atoms. The molecule has 4 atom stereocenters. The first kappa shape index (κ1) is 14.0. The minimum Gasteiger partial charge on any atom is -0.402 e. The fraction of sp³-hybridized carbons (Fsp3) is 0.538. The van der Waals surface area contributed by atoms with E-state index in [0.717, 1.165) is 11.0 Å². The van der Waals surface area contributed by atoms with Gasteiger partial charge in [-0.05, 0) is 12.4 Å². The maximum atomic E-state index is 10.2. The largest absolute Gasteiger partial charge is 0.494 e. The molecule has 3 N–H and O–H groups in total. The van der Waals surface area contributed by atoms with Crippen molar-refractivity contribution in [1.82, 2.24) is 0 Å². The molecule has 0 saturated carbocycles. The number of hydrogen-bond acceptors (Lipinski definition) is 6. The average molecular weight is 286 g/mol. The zero-order chi connectivity index (χ0) is 14.3. The predicted octanol–water partition coefficient (Wildman–Crippen LogP) is -1.45. The highest BCUT2D eigenvalue weighted by Crippen LogP contribution is 2.30. The fourth-order valence-electron chi connectivity index (χ4n) is 2.46. The Kier molecular flexibility index (Phi) is 3.57. The zero-order valence-electron chi connectivity index (χ0n) is 11.1. The Bertz CT molecular complexity index is 480. The molecule has 3 rings (SSSR count). The molecule has 0 unspecified atom stereocenters. The van der Waals surface area contributed by atoms with E-state index in [1.807, 2.05) is 31.2 Å². The lowest BCUT2D eigenvalue weighted by Crippen LogP contribution is -2.69. The van der Waals surface area contributed by atoms with Gasteiger partial charge in [-0.1, -0.05) is 29.8 Å². The second kappa shape index (κ2) is 5.11. The number of hydrogen-bond donors (Lipinski definition) is 3. The standard InChI is InChI=1S/C13H17BO6/c1-8-2-4-9(5-3-8)14-19-7-13(17)12(20-14)11(16)10(15)6-18-13/h2-5,10-12,15-17H,6-7H2,1H3/t10-,11-,12+,13+/m1/s1/i6+1,7+1,10+1,11+1,12+1,13+1. The summed E-state index contributed by atoms with van der Waals surface area (Å²) in [6, 6.07) is 7.56. The third-order valence-electron chi connectivity index (χ3n) is 3.71. The van der Waals surface area contributed by atoms with Crippen LogP contribution in [0.2, 0.25) is 0 Å². The monoisotopic (exact) mass is 286 g/mol. The first-order chi connectivity index (χ1) is 9.49. The van der Waals surface area contributed by atoms with E-state index < -0.39 is 31.2 Å². The molecule has 1 aromatic carbocycles. The van der Waals surface area contributed by atoms with Crippen LogP contribution in [0.4, 0.5) is 0 Å². The summed E-state index contributed by atoms with van der Waals surface area (Å²) in [5.41, 5.74) is 1.89. The zero-order valence-corrected chi connectivity index (χ0v) is 11.1. The minimum atomic E-state index is -1.72. The second-order valence-electron chi connectivity index (χ2n) is 5.32. The molecule has 108 valence electrons. The SMILES string of the molecule is Cc1ccc(B2O[13CH2][13C@]3(O)O[13CH2][13C@@H](O)[13C@@H](O)[13C@@H]3O2)cc1. The fourth-order valence-corrected chi connectivity index (χ4v) is 2.46. The van der Waals surface area contributed by atoms with E-state index in [1.165, 1.54) is 0 Å². The lowest BCUT2D eigenvalue weighted by Gasteiger charge is -2.47. The van der Waals surface area contributed by atoms with Crippen molar-refractivity contribution < 1.29 is 29.4 Å². The van der Waals surface area contributed by atoms with Gasteiger partial charge in [-0.3, -0.25) is 0 Å². The van der Waals surface area contributed by atoms with Crippen molar-refractivity contribution in [3.05, 3.63) is 29.8 Å². The van der Waals surface area contributed by atoms with Gasteiger partial charge in [-0.15, -0.1) is 0 Å². The molecule has 6 nitrogen and oxygen atoms in total. The topological polar surface area (TPSA) is 88.4 Å². The van der Waals surface area contributed by atoms with Crippen molar-refractivity contribution in [2.75, 3.05) is 13.2 Å². The van der Waals surface area contributed by atoms with Gasteiger partial charge in [0.1, 0.15) is 18.3 Å². The van der Waals surface area contributed by atoms with Crippen LogP contribution < -0.4 is 5.46 Å². The molecule has 2 aliphatic heterocycles. The van der Waals surface area contributed by atoms with Crippen LogP contribution in [0.15, 0.2) is 24.3 Å². The predicted molar refractivity (Wildman–Crippen MR) is 70.3 cm³/mol. The summed E-state index contributed by atoms with van der Waals surface area (Å²) in [4.78, 5) is 0. The molecule has 2 saturated heterocycles. The molecule has 0 aromatic heterocycles. The average Bonchev–Trinajstić information content (AvgIpc) is 2.44. The van der Waals surface area contributed by atoms with E-state index in [0.29, 0.717) is 0 Å². The van der Waals surface area contributed by atoms with Gasteiger partial charge >= 0.3 is 7.12 Å². The summed E-state index contributed by atoms with van der Waals surface area (Å²) in [5, 5.41) is 29.8. The number of ether oxygens (including phenoxy) is 1. The van der Waals surface area contributed by atoms with Crippen LogP contribution in [0.3, 0.4) is 0 Å². The molecule has 0 radical (unpaired) electrons. The quantitative estimate of drug-likeness (QED) is 0.432. The second-order valence-corrected chi connectivity index (χ2v) is 5.32. The van der Waals surface area contributed by atoms with Gasteiger partial charge in [0.05, 0.1) is 13.2 Å². The summed E-state index contributed by atoms with van der Waals surface area (Å²) in [6.07, 6.45) is -3.35. The Morgan fingerprint density at radius 2 is 1.95 bits per heavy atom. The number of aryl methyl sites for hydroxylation is 1. The van der Waals surface area contributed by atoms with Crippen molar-refractivity contribution in [2.24, 2.45) is 0 Å². The van der Waals surface area contributed by atoms with E-state index in [2.05, 4.69) is 0 Å². The first-order valence-electron chi connectivity index (χ1n) is 6.56. The highest BCUT2D eigenvalue weighted by Gasteiger charge is 2.55. The Hall–Kier alpha value is -0.955. The lowest BCUT2D eigenvalue weighted by molar-refractivity contribution is -0.338. The van der Waals surface area contributed by atoms with Gasteiger partial charge in [-0.25, -0.2) is 0 Å². The van der Waals surface area contributed by atoms with Crippen molar-refractivity contribution in [1.29, 1.82) is 0 Å². The highest BCUT2D eigenvalue weighted by atomic mass is 16.9. The van der Waals surface area contributed by atoms with Crippen LogP contribution in [-0.4, -0.2) is 59.8 Å². The Morgan fingerprint density at radius 3 is 2.65 bits per heavy atom. The van der Waals surface area contributed by atoms with Crippen LogP contribution in [0.1, 0.15) is 5.56 Å². The van der Waals surface area contributed by atoms with E-state index in [4.69, 9.17) is 14.0 Å². The molecule has 0 amide bonds. The molecule has 2 fully saturated rings. The van der Waals surface area contributed by atoms with E-state index in [1.54, 1.807) is 0 Å². The first-order valence-corrected chi connectivity index (χ1v) is 6.56. The summed E-state index contributed by atoms with van der Waals surface area (Å²) in [5.74, 6) is -1.72. The number of benzene rings is 1. The molecule has 2 aliphatic rings. The van der Waals surface area contributed by atoms with Crippen LogP contribution in [0, 0.1) is 6.92 Å². The third-order valence-corrected chi connectivity index (χ3v) is 3.71. The van der Waals surface area contributed by atoms with Crippen LogP contribution in [0.5, 0.6) is 0 Å². The molecular formula is C13H17BO6. The summed E-state index contributed by atoms with van der Waals surface area (Å²) < 4.78 is 16.2. The van der Waals surface area contributed by atoms with E-state index in [-0.39, 0.29) is 13.2 Å². The number of aliphatic hydroxyl groups is 3. The molecule has 2 heterocycles. The minimum absolute atomic E-state index is 0.125. The van der Waals surface area contributed by atoms with Gasteiger partial charge in [-0.2, -0.15) is 0 Å². The van der Waals surface area contributed by atoms with Crippen molar-refractivity contribution in [3.63, 3.8) is 0 Å². The molecule has 20 heavy (non-hydrogen) atoms.